The Labute approximate surface area is 95.2 Å². The fraction of sp³-hybridized carbons (Fsp3) is 0.750. The lowest BCUT2D eigenvalue weighted by molar-refractivity contribution is -0.189. The van der Waals surface area contributed by atoms with Gasteiger partial charge in [0.25, 0.3) is 0 Å². The first-order valence-corrected chi connectivity index (χ1v) is 5.88. The van der Waals surface area contributed by atoms with Crippen LogP contribution < -0.4 is 0 Å². The molecule has 0 aromatic carbocycles. The second-order valence-corrected chi connectivity index (χ2v) is 4.57. The molecule has 0 amide bonds. The molecule has 1 heterocycles. The summed E-state index contributed by atoms with van der Waals surface area (Å²) in [4.78, 5) is 10.4. The molecule has 2 rings (SSSR count). The van der Waals surface area contributed by atoms with E-state index in [9.17, 15) is 4.79 Å². The predicted octanol–water partition coefficient (Wildman–Crippen LogP) is 2.09. The molecule has 2 fully saturated rings. The van der Waals surface area contributed by atoms with E-state index in [4.69, 9.17) is 14.6 Å². The Morgan fingerprint density at radius 3 is 2.62 bits per heavy atom. The first kappa shape index (κ1) is 11.6. The van der Waals surface area contributed by atoms with Crippen molar-refractivity contribution in [1.29, 1.82) is 0 Å². The van der Waals surface area contributed by atoms with E-state index in [0.29, 0.717) is 0 Å². The van der Waals surface area contributed by atoms with Gasteiger partial charge in [-0.25, -0.2) is 4.79 Å². The Hall–Kier alpha value is -0.870. The lowest BCUT2D eigenvalue weighted by Crippen LogP contribution is -2.33. The average molecular weight is 226 g/mol. The molecule has 90 valence electrons. The summed E-state index contributed by atoms with van der Waals surface area (Å²) in [6.07, 6.45) is 7.76. The molecule has 0 bridgehead atoms. The zero-order valence-corrected chi connectivity index (χ0v) is 9.52. The van der Waals surface area contributed by atoms with Crippen LogP contribution >= 0.6 is 0 Å². The van der Waals surface area contributed by atoms with Crippen molar-refractivity contribution in [1.82, 2.24) is 0 Å². The van der Waals surface area contributed by atoms with Crippen LogP contribution in [0.4, 0.5) is 0 Å². The highest BCUT2D eigenvalue weighted by molar-refractivity contribution is 5.79. The van der Waals surface area contributed by atoms with Gasteiger partial charge < -0.3 is 14.6 Å². The van der Waals surface area contributed by atoms with E-state index in [1.807, 2.05) is 6.92 Å². The molecule has 0 aromatic heterocycles. The van der Waals surface area contributed by atoms with E-state index in [0.717, 1.165) is 31.8 Å². The predicted molar refractivity (Wildman–Crippen MR) is 58.0 cm³/mol. The van der Waals surface area contributed by atoms with E-state index in [1.165, 1.54) is 6.42 Å². The topological polar surface area (TPSA) is 55.8 Å². The maximum absolute atomic E-state index is 10.4. The van der Waals surface area contributed by atoms with Crippen LogP contribution in [-0.4, -0.2) is 29.1 Å². The molecular formula is C12H18O4. The Morgan fingerprint density at radius 1 is 1.31 bits per heavy atom. The third-order valence-corrected chi connectivity index (χ3v) is 3.26. The minimum absolute atomic E-state index is 0.0614. The molecule has 1 saturated heterocycles. The standard InChI is InChI=1S/C12H18O4/c1-9-10(5-6-11(13)14)16-12(15-9)7-3-2-4-8-12/h5-6,9-10H,2-4,7-8H2,1H3,(H,13,14). The van der Waals surface area contributed by atoms with Gasteiger partial charge in [-0.15, -0.1) is 0 Å². The van der Waals surface area contributed by atoms with Crippen molar-refractivity contribution in [3.63, 3.8) is 0 Å². The van der Waals surface area contributed by atoms with Gasteiger partial charge in [0.05, 0.1) is 6.10 Å². The molecule has 2 unspecified atom stereocenters. The molecule has 4 heteroatoms. The smallest absolute Gasteiger partial charge is 0.328 e. The molecule has 2 atom stereocenters. The average Bonchev–Trinajstić information content (AvgIpc) is 2.53. The third kappa shape index (κ3) is 2.44. The second-order valence-electron chi connectivity index (χ2n) is 4.57. The van der Waals surface area contributed by atoms with Gasteiger partial charge in [-0.3, -0.25) is 0 Å². The second kappa shape index (κ2) is 4.55. The number of hydrogen-bond donors (Lipinski definition) is 1. The number of hydrogen-bond acceptors (Lipinski definition) is 3. The summed E-state index contributed by atoms with van der Waals surface area (Å²) in [6, 6.07) is 0. The number of aliphatic carboxylic acids is 1. The van der Waals surface area contributed by atoms with Crippen LogP contribution in [0.3, 0.4) is 0 Å². The van der Waals surface area contributed by atoms with Crippen LogP contribution in [-0.2, 0) is 14.3 Å². The summed E-state index contributed by atoms with van der Waals surface area (Å²) in [5.41, 5.74) is 0. The molecular weight excluding hydrogens is 208 g/mol. The van der Waals surface area contributed by atoms with Crippen LogP contribution in [0.1, 0.15) is 39.0 Å². The van der Waals surface area contributed by atoms with E-state index < -0.39 is 11.8 Å². The molecule has 0 aromatic rings. The molecule has 1 aliphatic heterocycles. The van der Waals surface area contributed by atoms with Gasteiger partial charge in [0.15, 0.2) is 5.79 Å². The Bertz CT molecular complexity index is 291. The highest BCUT2D eigenvalue weighted by atomic mass is 16.8. The molecule has 1 aliphatic carbocycles. The first-order chi connectivity index (χ1) is 7.61. The van der Waals surface area contributed by atoms with Crippen LogP contribution in [0.25, 0.3) is 0 Å². The largest absolute Gasteiger partial charge is 0.478 e. The summed E-state index contributed by atoms with van der Waals surface area (Å²) in [7, 11) is 0. The normalized spacial score (nSPS) is 33.6. The molecule has 0 radical (unpaired) electrons. The van der Waals surface area contributed by atoms with E-state index in [1.54, 1.807) is 6.08 Å². The summed E-state index contributed by atoms with van der Waals surface area (Å²) in [5.74, 6) is -1.38. The summed E-state index contributed by atoms with van der Waals surface area (Å²) >= 11 is 0. The SMILES string of the molecule is CC1OC2(CCCCC2)OC1C=CC(=O)O. The van der Waals surface area contributed by atoms with Gasteiger partial charge >= 0.3 is 5.97 Å². The quantitative estimate of drug-likeness (QED) is 0.732. The number of carboxylic acid groups (broad SMARTS) is 1. The maximum Gasteiger partial charge on any atom is 0.328 e. The highest BCUT2D eigenvalue weighted by Gasteiger charge is 2.45. The summed E-state index contributed by atoms with van der Waals surface area (Å²) in [5, 5.41) is 8.58. The van der Waals surface area contributed by atoms with Gasteiger partial charge in [-0.2, -0.15) is 0 Å². The van der Waals surface area contributed by atoms with Gasteiger partial charge in [0, 0.05) is 18.9 Å². The Kier molecular flexibility index (Phi) is 3.30. The lowest BCUT2D eigenvalue weighted by Gasteiger charge is -2.31. The third-order valence-electron chi connectivity index (χ3n) is 3.26. The van der Waals surface area contributed by atoms with E-state index in [-0.39, 0.29) is 12.2 Å². The maximum atomic E-state index is 10.4. The Balaban J connectivity index is 2.00. The van der Waals surface area contributed by atoms with Crippen molar-refractivity contribution in [2.24, 2.45) is 0 Å². The van der Waals surface area contributed by atoms with Crippen LogP contribution in [0.15, 0.2) is 12.2 Å². The first-order valence-electron chi connectivity index (χ1n) is 5.88. The zero-order valence-electron chi connectivity index (χ0n) is 9.52. The van der Waals surface area contributed by atoms with Gasteiger partial charge in [0.1, 0.15) is 6.10 Å². The molecule has 1 N–H and O–H groups in total. The number of carboxylic acids is 1. The van der Waals surface area contributed by atoms with Crippen molar-refractivity contribution >= 4 is 5.97 Å². The number of ether oxygens (including phenoxy) is 2. The van der Waals surface area contributed by atoms with Crippen LogP contribution in [0.5, 0.6) is 0 Å². The highest BCUT2D eigenvalue weighted by Crippen LogP contribution is 2.40. The molecule has 16 heavy (non-hydrogen) atoms. The number of carbonyl (C=O) groups is 1. The van der Waals surface area contributed by atoms with Crippen LogP contribution in [0, 0.1) is 0 Å². The van der Waals surface area contributed by atoms with Crippen molar-refractivity contribution in [3.8, 4) is 0 Å². The minimum Gasteiger partial charge on any atom is -0.478 e. The fourth-order valence-electron chi connectivity index (χ4n) is 2.48. The van der Waals surface area contributed by atoms with Crippen molar-refractivity contribution in [3.05, 3.63) is 12.2 Å². The monoisotopic (exact) mass is 226 g/mol. The Morgan fingerprint density at radius 2 is 2.00 bits per heavy atom. The van der Waals surface area contributed by atoms with E-state index in [2.05, 4.69) is 0 Å². The fourth-order valence-corrected chi connectivity index (χ4v) is 2.48. The minimum atomic E-state index is -0.944. The van der Waals surface area contributed by atoms with E-state index >= 15 is 0 Å². The van der Waals surface area contributed by atoms with Crippen molar-refractivity contribution in [2.45, 2.75) is 57.0 Å². The van der Waals surface area contributed by atoms with Gasteiger partial charge in [-0.1, -0.05) is 6.42 Å². The van der Waals surface area contributed by atoms with Crippen LogP contribution in [0.2, 0.25) is 0 Å². The zero-order chi connectivity index (χ0) is 11.6. The molecule has 2 aliphatic rings. The van der Waals surface area contributed by atoms with Crippen molar-refractivity contribution in [2.75, 3.05) is 0 Å². The lowest BCUT2D eigenvalue weighted by atomic mass is 9.94. The van der Waals surface area contributed by atoms with Gasteiger partial charge in [-0.05, 0) is 25.8 Å². The van der Waals surface area contributed by atoms with Crippen molar-refractivity contribution < 1.29 is 19.4 Å². The molecule has 1 spiro atoms. The summed E-state index contributed by atoms with van der Waals surface area (Å²) in [6.45, 7) is 1.93. The number of rotatable bonds is 2. The molecule has 4 nitrogen and oxygen atoms in total. The van der Waals surface area contributed by atoms with Gasteiger partial charge in [0.2, 0.25) is 0 Å². The molecule has 1 saturated carbocycles. The summed E-state index contributed by atoms with van der Waals surface area (Å²) < 4.78 is 11.7.